The van der Waals surface area contributed by atoms with Crippen molar-refractivity contribution in [3.63, 3.8) is 0 Å². The Labute approximate surface area is 410 Å². The van der Waals surface area contributed by atoms with E-state index >= 15 is 0 Å². The molecule has 7 rings (SSSR count). The Bertz CT molecular complexity index is 1920. The fourth-order valence-corrected chi connectivity index (χ4v) is 12.4. The zero-order chi connectivity index (χ0) is 48.9. The highest BCUT2D eigenvalue weighted by molar-refractivity contribution is 5.87. The molecule has 6 N–H and O–H groups in total. The molecule has 6 aliphatic carbocycles. The van der Waals surface area contributed by atoms with Crippen molar-refractivity contribution in [1.82, 2.24) is 31.9 Å². The number of amides is 6. The second-order valence-corrected chi connectivity index (χ2v) is 22.3. The first-order chi connectivity index (χ1) is 33.2. The number of benzene rings is 1. The highest BCUT2D eigenvalue weighted by atomic mass is 16.6. The van der Waals surface area contributed by atoms with Gasteiger partial charge in [0.05, 0.1) is 35.5 Å². The summed E-state index contributed by atoms with van der Waals surface area (Å²) in [5.74, 6) is -3.55. The van der Waals surface area contributed by atoms with Crippen molar-refractivity contribution in [3.8, 4) is 0 Å². The van der Waals surface area contributed by atoms with Gasteiger partial charge in [0.25, 0.3) is 0 Å². The molecule has 0 aromatic heterocycles. The van der Waals surface area contributed by atoms with Crippen LogP contribution in [0.1, 0.15) is 180 Å². The van der Waals surface area contributed by atoms with Crippen LogP contribution in [-0.2, 0) is 44.8 Å². The smallest absolute Gasteiger partial charge is 0.407 e. The van der Waals surface area contributed by atoms with Gasteiger partial charge < -0.3 is 41.4 Å². The predicted molar refractivity (Wildman–Crippen MR) is 261 cm³/mol. The summed E-state index contributed by atoms with van der Waals surface area (Å²) in [4.78, 5) is 96.7. The fraction of sp³-hybridized carbons (Fsp3) is 0.759. The molecule has 0 radical (unpaired) electrons. The maximum absolute atomic E-state index is 14.3. The number of nitrogens with one attached hydrogen (secondary N) is 6. The lowest BCUT2D eigenvalue weighted by molar-refractivity contribution is -0.152. The molecule has 0 heterocycles. The number of ether oxygens (including phenoxy) is 2. The lowest BCUT2D eigenvalue weighted by Crippen LogP contribution is -2.58. The highest BCUT2D eigenvalue weighted by Gasteiger charge is 2.43. The molecule has 0 saturated heterocycles. The second kappa shape index (κ2) is 24.9. The molecular weight excluding hydrogens is 877 g/mol. The molecular formula is C54H82N6O9. The van der Waals surface area contributed by atoms with Gasteiger partial charge in [0.15, 0.2) is 0 Å². The normalized spacial score (nSPS) is 31.9. The average Bonchev–Trinajstić information content (AvgIpc) is 3.34. The van der Waals surface area contributed by atoms with E-state index in [-0.39, 0.29) is 78.4 Å². The quantitative estimate of drug-likeness (QED) is 0.104. The van der Waals surface area contributed by atoms with Gasteiger partial charge >= 0.3 is 12.1 Å². The van der Waals surface area contributed by atoms with E-state index in [2.05, 4.69) is 31.9 Å². The highest BCUT2D eigenvalue weighted by Crippen LogP contribution is 2.34. The van der Waals surface area contributed by atoms with Gasteiger partial charge in [0.1, 0.15) is 12.2 Å². The molecule has 12 atom stereocenters. The third kappa shape index (κ3) is 14.7. The summed E-state index contributed by atoms with van der Waals surface area (Å²) in [6.45, 7) is 5.62. The Morgan fingerprint density at radius 3 is 1.00 bits per heavy atom. The maximum atomic E-state index is 14.3. The van der Waals surface area contributed by atoms with Crippen molar-refractivity contribution in [2.45, 2.75) is 223 Å². The summed E-state index contributed by atoms with van der Waals surface area (Å²) in [5.41, 5.74) is 0.262. The van der Waals surface area contributed by atoms with Crippen LogP contribution in [0.4, 0.5) is 4.79 Å². The van der Waals surface area contributed by atoms with E-state index in [0.717, 1.165) is 82.6 Å². The van der Waals surface area contributed by atoms with Crippen LogP contribution in [0.25, 0.3) is 0 Å². The zero-order valence-corrected chi connectivity index (χ0v) is 41.7. The lowest BCUT2D eigenvalue weighted by Gasteiger charge is -2.39. The third-order valence-electron chi connectivity index (χ3n) is 16.1. The first-order valence-electron chi connectivity index (χ1n) is 27.0. The number of rotatable bonds is 14. The Balaban J connectivity index is 0.925. The van der Waals surface area contributed by atoms with Gasteiger partial charge in [-0.2, -0.15) is 0 Å². The van der Waals surface area contributed by atoms with E-state index in [1.165, 1.54) is 0 Å². The molecule has 15 nitrogen and oxygen atoms in total. The summed E-state index contributed by atoms with van der Waals surface area (Å²) in [5, 5.41) is 19.3. The summed E-state index contributed by atoms with van der Waals surface area (Å²) in [7, 11) is 0. The Morgan fingerprint density at radius 2 is 0.681 bits per heavy atom. The summed E-state index contributed by atoms with van der Waals surface area (Å²) >= 11 is 0. The minimum atomic E-state index is -0.654. The van der Waals surface area contributed by atoms with Crippen LogP contribution in [0.2, 0.25) is 0 Å². The molecule has 0 bridgehead atoms. The summed E-state index contributed by atoms with van der Waals surface area (Å²) in [6, 6.07) is 7.50. The SMILES string of the molecule is CC(C)(C)OC(=O)N[C@H]1CCCC[C@@H]1C(=O)N[C@H]1CCCC[C@@H]1C(=O)N[C@H]1CCCC[C@@H]1C(=O)N[C@H]1CCCC[C@@H]1C(=O)N[C@H]1CCCC[C@@H]1C(=O)N[C@H]1CCCC[C@@H]1C(=O)OCc1ccccc1. The molecule has 1 aromatic rings. The van der Waals surface area contributed by atoms with Gasteiger partial charge in [0.2, 0.25) is 29.5 Å². The third-order valence-corrected chi connectivity index (χ3v) is 16.1. The van der Waals surface area contributed by atoms with Gasteiger partial charge in [-0.05, 0) is 103 Å². The van der Waals surface area contributed by atoms with E-state index in [1.54, 1.807) is 0 Å². The molecule has 6 aliphatic rings. The molecule has 0 aliphatic heterocycles. The van der Waals surface area contributed by atoms with Gasteiger partial charge in [-0.25, -0.2) is 4.79 Å². The summed E-state index contributed by atoms with van der Waals surface area (Å²) in [6.07, 6.45) is 18.1. The molecule has 6 amide bonds. The number of hydrogen-bond acceptors (Lipinski definition) is 9. The van der Waals surface area contributed by atoms with Crippen molar-refractivity contribution in [1.29, 1.82) is 0 Å². The molecule has 69 heavy (non-hydrogen) atoms. The predicted octanol–water partition coefficient (Wildman–Crippen LogP) is 7.19. The van der Waals surface area contributed by atoms with Crippen LogP contribution in [0.5, 0.6) is 0 Å². The average molecular weight is 959 g/mol. The van der Waals surface area contributed by atoms with Crippen LogP contribution >= 0.6 is 0 Å². The number of alkyl carbamates (subject to hydrolysis) is 1. The van der Waals surface area contributed by atoms with Crippen molar-refractivity contribution >= 4 is 41.6 Å². The van der Waals surface area contributed by atoms with Crippen LogP contribution < -0.4 is 31.9 Å². The van der Waals surface area contributed by atoms with Crippen LogP contribution in [0.15, 0.2) is 30.3 Å². The molecule has 0 unspecified atom stereocenters. The first-order valence-corrected chi connectivity index (χ1v) is 27.0. The van der Waals surface area contributed by atoms with Crippen LogP contribution in [-0.4, -0.2) is 83.5 Å². The molecule has 382 valence electrons. The van der Waals surface area contributed by atoms with Crippen molar-refractivity contribution in [3.05, 3.63) is 35.9 Å². The standard InChI is InChI=1S/C54H82N6O9/c1-54(2,3)69-53(67)60-45-31-17-11-25-39(45)51(65)58-43-29-15-9-23-37(43)49(63)56-41-27-13-7-21-35(41)47(61)55-42-28-14-8-22-36(42)48(62)57-44-30-16-10-24-38(44)50(64)59-46-32-18-12-26-40(46)52(66)68-33-34-19-5-4-6-20-34/h4-6,19-20,35-46H,7-18,21-33H2,1-3H3,(H,55,61)(H,56,63)(H,57,62)(H,58,65)(H,59,64)(H,60,67)/t35-,36-,37-,38-,39-,40-,41-,42-,43-,44-,45-,46-/m0/s1. The first kappa shape index (κ1) is 52.1. The number of hydrogen-bond donors (Lipinski definition) is 6. The van der Waals surface area contributed by atoms with Crippen molar-refractivity contribution in [2.24, 2.45) is 35.5 Å². The lowest BCUT2D eigenvalue weighted by atomic mass is 9.79. The number of carbonyl (C=O) groups excluding carboxylic acids is 7. The van der Waals surface area contributed by atoms with Gasteiger partial charge in [-0.1, -0.05) is 107 Å². The minimum absolute atomic E-state index is 0.126. The van der Waals surface area contributed by atoms with E-state index in [0.29, 0.717) is 77.0 Å². The van der Waals surface area contributed by atoms with E-state index < -0.39 is 47.2 Å². The van der Waals surface area contributed by atoms with E-state index in [4.69, 9.17) is 9.47 Å². The fourth-order valence-electron chi connectivity index (χ4n) is 12.4. The largest absolute Gasteiger partial charge is 0.461 e. The van der Waals surface area contributed by atoms with E-state index in [9.17, 15) is 33.6 Å². The Kier molecular flexibility index (Phi) is 18.8. The topological polar surface area (TPSA) is 210 Å². The van der Waals surface area contributed by atoms with Gasteiger partial charge in [-0.3, -0.25) is 28.8 Å². The van der Waals surface area contributed by atoms with Crippen LogP contribution in [0.3, 0.4) is 0 Å². The number of carbonyl (C=O) groups is 7. The van der Waals surface area contributed by atoms with Crippen LogP contribution in [0, 0.1) is 35.5 Å². The molecule has 15 heteroatoms. The maximum Gasteiger partial charge on any atom is 0.407 e. The molecule has 0 spiro atoms. The zero-order valence-electron chi connectivity index (χ0n) is 41.7. The van der Waals surface area contributed by atoms with Crippen molar-refractivity contribution in [2.75, 3.05) is 0 Å². The van der Waals surface area contributed by atoms with E-state index in [1.807, 2.05) is 51.1 Å². The monoisotopic (exact) mass is 959 g/mol. The second-order valence-electron chi connectivity index (χ2n) is 22.3. The van der Waals surface area contributed by atoms with Crippen molar-refractivity contribution < 1.29 is 43.0 Å². The minimum Gasteiger partial charge on any atom is -0.461 e. The molecule has 1 aromatic carbocycles. The van der Waals surface area contributed by atoms with Gasteiger partial charge in [0, 0.05) is 36.3 Å². The Hall–Kier alpha value is -4.69. The Morgan fingerprint density at radius 1 is 0.406 bits per heavy atom. The van der Waals surface area contributed by atoms with Gasteiger partial charge in [-0.15, -0.1) is 0 Å². The molecule has 6 fully saturated rings. The number of esters is 1. The molecule has 6 saturated carbocycles. The summed E-state index contributed by atoms with van der Waals surface area (Å²) < 4.78 is 11.2.